The standard InChI is InChI=1S/C15H21F3N2/c1-3-7-19-8-10-20(11-9-19)14-6-4-5-13(12(14)2)15(16,17)18/h4-6H,3,7-11H2,1-2H3. The number of hydrogen-bond acceptors (Lipinski definition) is 2. The van der Waals surface area contributed by atoms with E-state index in [1.165, 1.54) is 6.07 Å². The zero-order valence-corrected chi connectivity index (χ0v) is 12.0. The summed E-state index contributed by atoms with van der Waals surface area (Å²) in [6.45, 7) is 8.20. The fourth-order valence-corrected chi connectivity index (χ4v) is 2.80. The molecule has 1 fully saturated rings. The lowest BCUT2D eigenvalue weighted by atomic mass is 10.0. The van der Waals surface area contributed by atoms with Gasteiger partial charge in [-0.15, -0.1) is 0 Å². The molecule has 0 unspecified atom stereocenters. The maximum Gasteiger partial charge on any atom is 0.416 e. The van der Waals surface area contributed by atoms with Crippen molar-refractivity contribution < 1.29 is 13.2 Å². The van der Waals surface area contributed by atoms with Crippen LogP contribution in [0, 0.1) is 6.92 Å². The van der Waals surface area contributed by atoms with E-state index in [2.05, 4.69) is 16.7 Å². The number of nitrogens with zero attached hydrogens (tertiary/aromatic N) is 2. The smallest absolute Gasteiger partial charge is 0.369 e. The van der Waals surface area contributed by atoms with Crippen molar-refractivity contribution >= 4 is 5.69 Å². The Morgan fingerprint density at radius 3 is 2.30 bits per heavy atom. The number of halogens is 3. The minimum atomic E-state index is -4.27. The summed E-state index contributed by atoms with van der Waals surface area (Å²) < 4.78 is 38.8. The first-order valence-electron chi connectivity index (χ1n) is 7.07. The summed E-state index contributed by atoms with van der Waals surface area (Å²) in [5, 5.41) is 0. The molecule has 1 aliphatic rings. The molecule has 1 heterocycles. The van der Waals surface area contributed by atoms with Crippen molar-refractivity contribution in [3.8, 4) is 0 Å². The van der Waals surface area contributed by atoms with Gasteiger partial charge in [-0.2, -0.15) is 13.2 Å². The molecule has 0 radical (unpaired) electrons. The van der Waals surface area contributed by atoms with Crippen molar-refractivity contribution in [3.63, 3.8) is 0 Å². The van der Waals surface area contributed by atoms with Crippen molar-refractivity contribution in [1.29, 1.82) is 0 Å². The average molecular weight is 286 g/mol. The molecule has 2 rings (SSSR count). The highest BCUT2D eigenvalue weighted by molar-refractivity contribution is 5.57. The van der Waals surface area contributed by atoms with E-state index in [1.807, 2.05) is 0 Å². The number of hydrogen-bond donors (Lipinski definition) is 0. The molecule has 0 bridgehead atoms. The Labute approximate surface area is 118 Å². The molecule has 5 heteroatoms. The monoisotopic (exact) mass is 286 g/mol. The molecule has 0 saturated carbocycles. The molecule has 1 aromatic rings. The molecular weight excluding hydrogens is 265 g/mol. The summed E-state index contributed by atoms with van der Waals surface area (Å²) in [6, 6.07) is 4.45. The van der Waals surface area contributed by atoms with Gasteiger partial charge in [-0.05, 0) is 37.6 Å². The van der Waals surface area contributed by atoms with Crippen molar-refractivity contribution in [1.82, 2.24) is 4.90 Å². The molecule has 1 aliphatic heterocycles. The van der Waals surface area contributed by atoms with Crippen LogP contribution in [0.25, 0.3) is 0 Å². The Bertz CT molecular complexity index is 449. The van der Waals surface area contributed by atoms with Gasteiger partial charge in [0.1, 0.15) is 0 Å². The Morgan fingerprint density at radius 2 is 1.75 bits per heavy atom. The molecular formula is C15H21F3N2. The summed E-state index contributed by atoms with van der Waals surface area (Å²) in [5.74, 6) is 0. The first-order valence-corrected chi connectivity index (χ1v) is 7.07. The predicted octanol–water partition coefficient (Wildman–Crippen LogP) is 3.55. The van der Waals surface area contributed by atoms with Crippen LogP contribution in [0.5, 0.6) is 0 Å². The summed E-state index contributed by atoms with van der Waals surface area (Å²) in [7, 11) is 0. The van der Waals surface area contributed by atoms with Gasteiger partial charge in [-0.25, -0.2) is 0 Å². The summed E-state index contributed by atoms with van der Waals surface area (Å²) >= 11 is 0. The maximum absolute atomic E-state index is 12.9. The van der Waals surface area contributed by atoms with Crippen molar-refractivity contribution in [2.45, 2.75) is 26.4 Å². The fraction of sp³-hybridized carbons (Fsp3) is 0.600. The Morgan fingerprint density at radius 1 is 1.10 bits per heavy atom. The lowest BCUT2D eigenvalue weighted by Gasteiger charge is -2.37. The zero-order valence-electron chi connectivity index (χ0n) is 12.0. The minimum Gasteiger partial charge on any atom is -0.369 e. The topological polar surface area (TPSA) is 6.48 Å². The van der Waals surface area contributed by atoms with Crippen LogP contribution in [-0.2, 0) is 6.18 Å². The van der Waals surface area contributed by atoms with Gasteiger partial charge in [-0.3, -0.25) is 4.90 Å². The van der Waals surface area contributed by atoms with Gasteiger partial charge in [0.05, 0.1) is 5.56 Å². The maximum atomic E-state index is 12.9. The predicted molar refractivity (Wildman–Crippen MR) is 75.1 cm³/mol. The molecule has 0 atom stereocenters. The number of benzene rings is 1. The van der Waals surface area contributed by atoms with Gasteiger partial charge in [-0.1, -0.05) is 13.0 Å². The van der Waals surface area contributed by atoms with Crippen LogP contribution in [0.3, 0.4) is 0 Å². The van der Waals surface area contributed by atoms with Gasteiger partial charge < -0.3 is 4.90 Å². The number of piperazine rings is 1. The molecule has 0 aliphatic carbocycles. The first-order chi connectivity index (χ1) is 9.43. The van der Waals surface area contributed by atoms with Gasteiger partial charge in [0.25, 0.3) is 0 Å². The van der Waals surface area contributed by atoms with E-state index in [9.17, 15) is 13.2 Å². The van der Waals surface area contributed by atoms with Crippen LogP contribution in [0.4, 0.5) is 18.9 Å². The average Bonchev–Trinajstić information content (AvgIpc) is 2.39. The van der Waals surface area contributed by atoms with E-state index >= 15 is 0 Å². The lowest BCUT2D eigenvalue weighted by Crippen LogP contribution is -2.46. The van der Waals surface area contributed by atoms with Crippen LogP contribution in [0.15, 0.2) is 18.2 Å². The van der Waals surface area contributed by atoms with Gasteiger partial charge >= 0.3 is 6.18 Å². The van der Waals surface area contributed by atoms with E-state index < -0.39 is 11.7 Å². The molecule has 0 spiro atoms. The summed E-state index contributed by atoms with van der Waals surface area (Å²) in [5.41, 5.74) is 0.533. The number of anilines is 1. The van der Waals surface area contributed by atoms with Gasteiger partial charge in [0.2, 0.25) is 0 Å². The van der Waals surface area contributed by atoms with E-state index in [-0.39, 0.29) is 0 Å². The largest absolute Gasteiger partial charge is 0.416 e. The molecule has 112 valence electrons. The molecule has 1 aromatic carbocycles. The second kappa shape index (κ2) is 6.04. The highest BCUT2D eigenvalue weighted by Crippen LogP contribution is 2.35. The Kier molecular flexibility index (Phi) is 4.58. The Balaban J connectivity index is 2.15. The van der Waals surface area contributed by atoms with E-state index in [4.69, 9.17) is 0 Å². The van der Waals surface area contributed by atoms with Crippen LogP contribution in [0.2, 0.25) is 0 Å². The summed E-state index contributed by atoms with van der Waals surface area (Å²) in [4.78, 5) is 4.43. The molecule has 1 saturated heterocycles. The SMILES string of the molecule is CCCN1CCN(c2cccc(C(F)(F)F)c2C)CC1. The molecule has 0 amide bonds. The third-order valence-corrected chi connectivity index (χ3v) is 3.86. The third-order valence-electron chi connectivity index (χ3n) is 3.86. The molecule has 2 nitrogen and oxygen atoms in total. The van der Waals surface area contributed by atoms with Gasteiger partial charge in [0.15, 0.2) is 0 Å². The van der Waals surface area contributed by atoms with Crippen molar-refractivity contribution in [2.24, 2.45) is 0 Å². The van der Waals surface area contributed by atoms with Gasteiger partial charge in [0, 0.05) is 31.9 Å². The number of rotatable bonds is 3. The van der Waals surface area contributed by atoms with Crippen molar-refractivity contribution in [2.75, 3.05) is 37.6 Å². The van der Waals surface area contributed by atoms with Crippen molar-refractivity contribution in [3.05, 3.63) is 29.3 Å². The highest BCUT2D eigenvalue weighted by Gasteiger charge is 2.33. The highest BCUT2D eigenvalue weighted by atomic mass is 19.4. The molecule has 0 N–H and O–H groups in total. The van der Waals surface area contributed by atoms with Crippen LogP contribution in [0.1, 0.15) is 24.5 Å². The normalized spacial score (nSPS) is 17.6. The third kappa shape index (κ3) is 3.26. The molecule has 0 aromatic heterocycles. The number of alkyl halides is 3. The van der Waals surface area contributed by atoms with Crippen LogP contribution >= 0.6 is 0 Å². The Hall–Kier alpha value is -1.23. The van der Waals surface area contributed by atoms with E-state index in [0.29, 0.717) is 5.56 Å². The zero-order chi connectivity index (χ0) is 14.8. The fourth-order valence-electron chi connectivity index (χ4n) is 2.80. The first kappa shape index (κ1) is 15.2. The lowest BCUT2D eigenvalue weighted by molar-refractivity contribution is -0.138. The second-order valence-electron chi connectivity index (χ2n) is 5.28. The van der Waals surface area contributed by atoms with E-state index in [0.717, 1.165) is 50.9 Å². The van der Waals surface area contributed by atoms with Crippen LogP contribution < -0.4 is 4.90 Å². The second-order valence-corrected chi connectivity index (χ2v) is 5.28. The summed E-state index contributed by atoms with van der Waals surface area (Å²) in [6.07, 6.45) is -3.16. The quantitative estimate of drug-likeness (QED) is 0.838. The minimum absolute atomic E-state index is 0.337. The van der Waals surface area contributed by atoms with E-state index in [1.54, 1.807) is 13.0 Å². The van der Waals surface area contributed by atoms with Crippen LogP contribution in [-0.4, -0.2) is 37.6 Å². The molecule has 20 heavy (non-hydrogen) atoms.